The van der Waals surface area contributed by atoms with Gasteiger partial charge in [0.1, 0.15) is 25.9 Å². The van der Waals surface area contributed by atoms with E-state index in [2.05, 4.69) is 38.1 Å². The van der Waals surface area contributed by atoms with Gasteiger partial charge in [0.15, 0.2) is 10.9 Å². The molecule has 0 aromatic carbocycles. The maximum atomic E-state index is 13.0. The SMILES string of the molecule is C=CCOc1nc(OCC=C)nc(OCC2CN(C(=O)c3nc(SC)ncc3Cl)CCO2)n1. The molecule has 3 rings (SSSR count). The average molecular weight is 495 g/mol. The van der Waals surface area contributed by atoms with Crippen molar-refractivity contribution in [3.8, 4) is 18.0 Å². The topological polar surface area (TPSA) is 122 Å². The first kappa shape index (κ1) is 24.7. The van der Waals surface area contributed by atoms with Gasteiger partial charge in [-0.25, -0.2) is 9.97 Å². The Morgan fingerprint density at radius 3 is 2.42 bits per heavy atom. The van der Waals surface area contributed by atoms with Crippen LogP contribution in [0.4, 0.5) is 0 Å². The van der Waals surface area contributed by atoms with Crippen LogP contribution in [0.3, 0.4) is 0 Å². The number of morpholine rings is 1. The fourth-order valence-corrected chi connectivity index (χ4v) is 3.21. The van der Waals surface area contributed by atoms with Gasteiger partial charge >= 0.3 is 18.0 Å². The van der Waals surface area contributed by atoms with Gasteiger partial charge in [0.05, 0.1) is 24.4 Å². The van der Waals surface area contributed by atoms with E-state index in [1.807, 2.05) is 6.26 Å². The van der Waals surface area contributed by atoms with Gasteiger partial charge < -0.3 is 23.8 Å². The number of carbonyl (C=O) groups is 1. The minimum atomic E-state index is -0.421. The number of aromatic nitrogens is 5. The molecule has 0 spiro atoms. The van der Waals surface area contributed by atoms with Crippen molar-refractivity contribution in [1.29, 1.82) is 0 Å². The third-order valence-corrected chi connectivity index (χ3v) is 5.00. The largest absolute Gasteiger partial charge is 0.460 e. The van der Waals surface area contributed by atoms with Crippen LogP contribution in [0.5, 0.6) is 18.0 Å². The molecular weight excluding hydrogens is 472 g/mol. The first-order valence-electron chi connectivity index (χ1n) is 9.87. The number of amides is 1. The molecule has 1 unspecified atom stereocenters. The number of nitrogens with zero attached hydrogens (tertiary/aromatic N) is 6. The molecule has 2 aromatic heterocycles. The summed E-state index contributed by atoms with van der Waals surface area (Å²) in [5.41, 5.74) is 0.156. The van der Waals surface area contributed by atoms with Crippen molar-refractivity contribution in [2.45, 2.75) is 11.3 Å². The normalized spacial score (nSPS) is 15.6. The van der Waals surface area contributed by atoms with E-state index in [4.69, 9.17) is 30.5 Å². The fraction of sp³-hybridized carbons (Fsp3) is 0.400. The van der Waals surface area contributed by atoms with Crippen molar-refractivity contribution in [3.63, 3.8) is 0 Å². The monoisotopic (exact) mass is 494 g/mol. The lowest BCUT2D eigenvalue weighted by atomic mass is 10.2. The van der Waals surface area contributed by atoms with Gasteiger partial charge in [-0.05, 0) is 6.26 Å². The number of ether oxygens (including phenoxy) is 4. The van der Waals surface area contributed by atoms with Crippen molar-refractivity contribution in [2.75, 3.05) is 45.8 Å². The van der Waals surface area contributed by atoms with Gasteiger partial charge in [0, 0.05) is 6.54 Å². The Morgan fingerprint density at radius 1 is 1.18 bits per heavy atom. The number of rotatable bonds is 11. The first-order chi connectivity index (χ1) is 16.0. The molecule has 1 fully saturated rings. The third kappa shape index (κ3) is 7.01. The Balaban J connectivity index is 1.65. The molecule has 13 heteroatoms. The zero-order valence-electron chi connectivity index (χ0n) is 18.0. The molecule has 3 heterocycles. The summed E-state index contributed by atoms with van der Waals surface area (Å²) in [4.78, 5) is 35.1. The number of hydrogen-bond acceptors (Lipinski definition) is 11. The second-order valence-electron chi connectivity index (χ2n) is 6.49. The van der Waals surface area contributed by atoms with Gasteiger partial charge in [0.25, 0.3) is 5.91 Å². The van der Waals surface area contributed by atoms with E-state index in [1.54, 1.807) is 17.1 Å². The molecule has 0 saturated carbocycles. The second-order valence-corrected chi connectivity index (χ2v) is 7.67. The van der Waals surface area contributed by atoms with E-state index in [0.29, 0.717) is 18.3 Å². The Kier molecular flexibility index (Phi) is 9.22. The molecule has 0 aliphatic carbocycles. The first-order valence-corrected chi connectivity index (χ1v) is 11.5. The van der Waals surface area contributed by atoms with Gasteiger partial charge in [0.2, 0.25) is 0 Å². The molecule has 0 N–H and O–H groups in total. The number of halogens is 1. The molecular formula is C20H23ClN6O5S. The van der Waals surface area contributed by atoms with E-state index in [-0.39, 0.29) is 61.0 Å². The lowest BCUT2D eigenvalue weighted by Gasteiger charge is -2.32. The predicted molar refractivity (Wildman–Crippen MR) is 121 cm³/mol. The van der Waals surface area contributed by atoms with E-state index < -0.39 is 6.10 Å². The van der Waals surface area contributed by atoms with Crippen LogP contribution >= 0.6 is 23.4 Å². The van der Waals surface area contributed by atoms with E-state index in [0.717, 1.165) is 0 Å². The van der Waals surface area contributed by atoms with Crippen LogP contribution in [-0.4, -0.2) is 87.6 Å². The highest BCUT2D eigenvalue weighted by Crippen LogP contribution is 2.20. The standard InChI is InChI=1S/C20H23ClN6O5S/c1-4-7-30-17-24-18(31-8-5-2)26-19(25-17)32-12-13-11-27(6-9-29-13)16(28)15-14(21)10-22-20(23-15)33-3/h4-5,10,13H,1-2,6-9,11-12H2,3H3. The van der Waals surface area contributed by atoms with Crippen LogP contribution in [0.2, 0.25) is 5.02 Å². The third-order valence-electron chi connectivity index (χ3n) is 4.17. The summed E-state index contributed by atoms with van der Waals surface area (Å²) in [6.45, 7) is 8.68. The van der Waals surface area contributed by atoms with E-state index in [1.165, 1.54) is 18.0 Å². The zero-order chi connectivity index (χ0) is 23.6. The molecule has 0 bridgehead atoms. The molecule has 1 aliphatic rings. The van der Waals surface area contributed by atoms with Gasteiger partial charge in [-0.1, -0.05) is 48.7 Å². The van der Waals surface area contributed by atoms with Crippen LogP contribution in [0, 0.1) is 0 Å². The molecule has 1 amide bonds. The quantitative estimate of drug-likeness (QED) is 0.259. The van der Waals surface area contributed by atoms with Crippen molar-refractivity contribution in [3.05, 3.63) is 42.2 Å². The summed E-state index contributed by atoms with van der Waals surface area (Å²) in [7, 11) is 0. The maximum Gasteiger partial charge on any atom is 0.326 e. The molecule has 1 aliphatic heterocycles. The Labute approximate surface area is 200 Å². The van der Waals surface area contributed by atoms with Crippen LogP contribution in [-0.2, 0) is 4.74 Å². The highest BCUT2D eigenvalue weighted by Gasteiger charge is 2.28. The van der Waals surface area contributed by atoms with E-state index >= 15 is 0 Å². The summed E-state index contributed by atoms with van der Waals surface area (Å²) in [5.74, 6) is -0.300. The summed E-state index contributed by atoms with van der Waals surface area (Å²) in [6, 6.07) is 0.0605. The molecule has 176 valence electrons. The van der Waals surface area contributed by atoms with Gasteiger partial charge in [-0.3, -0.25) is 4.79 Å². The smallest absolute Gasteiger partial charge is 0.326 e. The number of hydrogen-bond donors (Lipinski definition) is 0. The molecule has 1 saturated heterocycles. The minimum Gasteiger partial charge on any atom is -0.460 e. The molecule has 1 atom stereocenters. The molecule has 0 radical (unpaired) electrons. The Hall–Kier alpha value is -2.96. The number of carbonyl (C=O) groups excluding carboxylic acids is 1. The van der Waals surface area contributed by atoms with Crippen molar-refractivity contribution < 1.29 is 23.7 Å². The molecule has 33 heavy (non-hydrogen) atoms. The molecule has 11 nitrogen and oxygen atoms in total. The van der Waals surface area contributed by atoms with Crippen molar-refractivity contribution in [2.24, 2.45) is 0 Å². The molecule has 2 aromatic rings. The van der Waals surface area contributed by atoms with Gasteiger partial charge in [-0.15, -0.1) is 15.0 Å². The van der Waals surface area contributed by atoms with Crippen LogP contribution in [0.1, 0.15) is 10.5 Å². The summed E-state index contributed by atoms with van der Waals surface area (Å²) >= 11 is 7.48. The minimum absolute atomic E-state index is 0.00127. The summed E-state index contributed by atoms with van der Waals surface area (Å²) < 4.78 is 22.1. The van der Waals surface area contributed by atoms with Crippen LogP contribution < -0.4 is 14.2 Å². The highest BCUT2D eigenvalue weighted by molar-refractivity contribution is 7.98. The lowest BCUT2D eigenvalue weighted by molar-refractivity contribution is -0.0417. The number of thioether (sulfide) groups is 1. The Morgan fingerprint density at radius 2 is 1.82 bits per heavy atom. The highest BCUT2D eigenvalue weighted by atomic mass is 35.5. The van der Waals surface area contributed by atoms with Crippen molar-refractivity contribution >= 4 is 29.3 Å². The fourth-order valence-electron chi connectivity index (χ4n) is 2.70. The summed E-state index contributed by atoms with van der Waals surface area (Å²) in [6.07, 6.45) is 5.94. The van der Waals surface area contributed by atoms with E-state index in [9.17, 15) is 4.79 Å². The van der Waals surface area contributed by atoms with Crippen LogP contribution in [0.15, 0.2) is 36.7 Å². The maximum absolute atomic E-state index is 13.0. The lowest BCUT2D eigenvalue weighted by Crippen LogP contribution is -2.48. The van der Waals surface area contributed by atoms with Gasteiger partial charge in [-0.2, -0.15) is 0 Å². The average Bonchev–Trinajstić information content (AvgIpc) is 2.85. The van der Waals surface area contributed by atoms with Crippen LogP contribution in [0.25, 0.3) is 0 Å². The van der Waals surface area contributed by atoms with Crippen molar-refractivity contribution in [1.82, 2.24) is 29.8 Å². The predicted octanol–water partition coefficient (Wildman–Crippen LogP) is 2.09. The second kappa shape index (κ2) is 12.3. The summed E-state index contributed by atoms with van der Waals surface area (Å²) in [5, 5.41) is 0.663. The zero-order valence-corrected chi connectivity index (χ0v) is 19.5. The Bertz CT molecular complexity index is 967.